The maximum atomic E-state index is 12.0. The van der Waals surface area contributed by atoms with E-state index in [4.69, 9.17) is 10.5 Å². The summed E-state index contributed by atoms with van der Waals surface area (Å²) < 4.78 is 5.47. The Hall–Kier alpha value is -1.55. The molecule has 0 atom stereocenters. The summed E-state index contributed by atoms with van der Waals surface area (Å²) in [6.07, 6.45) is 1.92. The molecule has 92 valence electrons. The normalized spacial score (nSPS) is 15.4. The highest BCUT2D eigenvalue weighted by atomic mass is 16.5. The van der Waals surface area contributed by atoms with Crippen LogP contribution in [0, 0.1) is 0 Å². The minimum Gasteiger partial charge on any atom is -0.492 e. The van der Waals surface area contributed by atoms with Crippen LogP contribution in [0.3, 0.4) is 0 Å². The second-order valence-corrected chi connectivity index (χ2v) is 4.29. The lowest BCUT2D eigenvalue weighted by Gasteiger charge is -2.14. The first-order valence-electron chi connectivity index (χ1n) is 5.93. The number of carbonyl (C=O) groups excluding carboxylic acids is 1. The van der Waals surface area contributed by atoms with Gasteiger partial charge in [-0.05, 0) is 36.6 Å². The highest BCUT2D eigenvalue weighted by molar-refractivity contribution is 5.96. The lowest BCUT2D eigenvalue weighted by molar-refractivity contribution is 0.0800. The van der Waals surface area contributed by atoms with Crippen LogP contribution >= 0.6 is 0 Å². The first kappa shape index (κ1) is 11.9. The van der Waals surface area contributed by atoms with Crippen molar-refractivity contribution in [2.24, 2.45) is 5.73 Å². The predicted octanol–water partition coefficient (Wildman–Crippen LogP) is 1.04. The molecule has 1 aliphatic rings. The van der Waals surface area contributed by atoms with Crippen LogP contribution in [0.1, 0.15) is 22.3 Å². The molecule has 0 fully saturated rings. The summed E-state index contributed by atoms with van der Waals surface area (Å²) in [5.41, 5.74) is 7.27. The summed E-state index contributed by atoms with van der Waals surface area (Å²) in [4.78, 5) is 13.8. The summed E-state index contributed by atoms with van der Waals surface area (Å²) in [6, 6.07) is 5.65. The highest BCUT2D eigenvalue weighted by Gasteiger charge is 2.19. The molecule has 1 aliphatic heterocycles. The molecule has 4 heteroatoms. The van der Waals surface area contributed by atoms with Gasteiger partial charge in [0.15, 0.2) is 0 Å². The fourth-order valence-electron chi connectivity index (χ4n) is 2.07. The molecule has 2 N–H and O–H groups in total. The van der Waals surface area contributed by atoms with Crippen molar-refractivity contribution in [3.63, 3.8) is 0 Å². The Balaban J connectivity index is 2.26. The van der Waals surface area contributed by atoms with Gasteiger partial charge in [-0.2, -0.15) is 0 Å². The van der Waals surface area contributed by atoms with Crippen molar-refractivity contribution in [2.45, 2.75) is 12.8 Å². The highest BCUT2D eigenvalue weighted by Crippen LogP contribution is 2.23. The molecule has 0 aromatic heterocycles. The molecular formula is C13H18N2O2. The zero-order chi connectivity index (χ0) is 12.3. The van der Waals surface area contributed by atoms with Gasteiger partial charge in [0.05, 0.1) is 0 Å². The molecule has 0 saturated carbocycles. The van der Waals surface area contributed by atoms with Crippen LogP contribution in [0.5, 0.6) is 5.75 Å². The zero-order valence-electron chi connectivity index (χ0n) is 10.1. The average molecular weight is 234 g/mol. The van der Waals surface area contributed by atoms with Crippen molar-refractivity contribution in [1.82, 2.24) is 4.90 Å². The van der Waals surface area contributed by atoms with Crippen LogP contribution in [-0.4, -0.2) is 37.6 Å². The third-order valence-corrected chi connectivity index (χ3v) is 2.98. The second kappa shape index (κ2) is 5.19. The summed E-state index contributed by atoms with van der Waals surface area (Å²) >= 11 is 0. The molecule has 1 aromatic rings. The van der Waals surface area contributed by atoms with Gasteiger partial charge in [-0.3, -0.25) is 4.79 Å². The molecule has 2 rings (SSSR count). The summed E-state index contributed by atoms with van der Waals surface area (Å²) in [6.45, 7) is 1.82. The SMILES string of the molecule is CN1CCCc2cc(OCCN)ccc2C1=O. The number of benzene rings is 1. The quantitative estimate of drug-likeness (QED) is 0.850. The largest absolute Gasteiger partial charge is 0.492 e. The zero-order valence-corrected chi connectivity index (χ0v) is 10.1. The third kappa shape index (κ3) is 2.58. The van der Waals surface area contributed by atoms with Gasteiger partial charge in [-0.15, -0.1) is 0 Å². The predicted molar refractivity (Wildman–Crippen MR) is 66.3 cm³/mol. The molecule has 0 unspecified atom stereocenters. The first-order valence-corrected chi connectivity index (χ1v) is 5.93. The molecule has 0 aliphatic carbocycles. The molecule has 1 heterocycles. The van der Waals surface area contributed by atoms with E-state index in [0.717, 1.165) is 36.3 Å². The average Bonchev–Trinajstić information content (AvgIpc) is 2.48. The lowest BCUT2D eigenvalue weighted by Crippen LogP contribution is -2.26. The Morgan fingerprint density at radius 1 is 1.47 bits per heavy atom. The van der Waals surface area contributed by atoms with Gasteiger partial charge in [0, 0.05) is 25.7 Å². The summed E-state index contributed by atoms with van der Waals surface area (Å²) in [7, 11) is 1.84. The monoisotopic (exact) mass is 234 g/mol. The number of aryl methyl sites for hydroxylation is 1. The number of amides is 1. The third-order valence-electron chi connectivity index (χ3n) is 2.98. The van der Waals surface area contributed by atoms with Crippen molar-refractivity contribution < 1.29 is 9.53 Å². The topological polar surface area (TPSA) is 55.6 Å². The summed E-state index contributed by atoms with van der Waals surface area (Å²) in [5, 5.41) is 0. The standard InChI is InChI=1S/C13H18N2O2/c1-15-7-2-3-10-9-11(17-8-6-14)4-5-12(10)13(15)16/h4-5,9H,2-3,6-8,14H2,1H3. The van der Waals surface area contributed by atoms with Gasteiger partial charge in [-0.25, -0.2) is 0 Å². The Labute approximate surface area is 101 Å². The van der Waals surface area contributed by atoms with E-state index in [2.05, 4.69) is 0 Å². The Bertz CT molecular complexity index is 418. The van der Waals surface area contributed by atoms with E-state index in [-0.39, 0.29) is 5.91 Å². The van der Waals surface area contributed by atoms with E-state index in [1.807, 2.05) is 25.2 Å². The Kier molecular flexibility index (Phi) is 3.64. The molecule has 1 amide bonds. The van der Waals surface area contributed by atoms with Crippen LogP contribution < -0.4 is 10.5 Å². The van der Waals surface area contributed by atoms with Crippen LogP contribution in [0.25, 0.3) is 0 Å². The van der Waals surface area contributed by atoms with Gasteiger partial charge in [0.1, 0.15) is 12.4 Å². The van der Waals surface area contributed by atoms with Gasteiger partial charge in [0.25, 0.3) is 5.91 Å². The van der Waals surface area contributed by atoms with Gasteiger partial charge >= 0.3 is 0 Å². The van der Waals surface area contributed by atoms with Gasteiger partial charge in [-0.1, -0.05) is 0 Å². The number of hydrogen-bond acceptors (Lipinski definition) is 3. The number of nitrogens with zero attached hydrogens (tertiary/aromatic N) is 1. The Morgan fingerprint density at radius 2 is 2.29 bits per heavy atom. The van der Waals surface area contributed by atoms with E-state index in [1.165, 1.54) is 0 Å². The van der Waals surface area contributed by atoms with Gasteiger partial charge in [0.2, 0.25) is 0 Å². The second-order valence-electron chi connectivity index (χ2n) is 4.29. The van der Waals surface area contributed by atoms with E-state index in [9.17, 15) is 4.79 Å². The van der Waals surface area contributed by atoms with Crippen LogP contribution in [0.2, 0.25) is 0 Å². The molecule has 0 saturated heterocycles. The molecule has 4 nitrogen and oxygen atoms in total. The number of rotatable bonds is 3. The maximum absolute atomic E-state index is 12.0. The number of hydrogen-bond donors (Lipinski definition) is 1. The summed E-state index contributed by atoms with van der Waals surface area (Å²) in [5.74, 6) is 0.898. The van der Waals surface area contributed by atoms with E-state index >= 15 is 0 Å². The molecule has 0 radical (unpaired) electrons. The lowest BCUT2D eigenvalue weighted by atomic mass is 10.0. The fourth-order valence-corrected chi connectivity index (χ4v) is 2.07. The van der Waals surface area contributed by atoms with Crippen LogP contribution in [0.4, 0.5) is 0 Å². The number of fused-ring (bicyclic) bond motifs is 1. The van der Waals surface area contributed by atoms with E-state index in [0.29, 0.717) is 13.2 Å². The molecule has 1 aromatic carbocycles. The first-order chi connectivity index (χ1) is 8.22. The number of carbonyl (C=O) groups is 1. The molecule has 17 heavy (non-hydrogen) atoms. The Morgan fingerprint density at radius 3 is 3.06 bits per heavy atom. The molecule has 0 bridgehead atoms. The van der Waals surface area contributed by atoms with Crippen molar-refractivity contribution in [1.29, 1.82) is 0 Å². The number of nitrogens with two attached hydrogens (primary N) is 1. The van der Waals surface area contributed by atoms with E-state index in [1.54, 1.807) is 4.90 Å². The minimum atomic E-state index is 0.0999. The van der Waals surface area contributed by atoms with Crippen LogP contribution in [0.15, 0.2) is 18.2 Å². The molecule has 0 spiro atoms. The smallest absolute Gasteiger partial charge is 0.253 e. The fraction of sp³-hybridized carbons (Fsp3) is 0.462. The maximum Gasteiger partial charge on any atom is 0.253 e. The van der Waals surface area contributed by atoms with Gasteiger partial charge < -0.3 is 15.4 Å². The number of ether oxygens (including phenoxy) is 1. The van der Waals surface area contributed by atoms with Crippen molar-refractivity contribution in [3.05, 3.63) is 29.3 Å². The molecular weight excluding hydrogens is 216 g/mol. The van der Waals surface area contributed by atoms with E-state index < -0.39 is 0 Å². The van der Waals surface area contributed by atoms with Crippen molar-refractivity contribution in [3.8, 4) is 5.75 Å². The van der Waals surface area contributed by atoms with Crippen molar-refractivity contribution >= 4 is 5.91 Å². The van der Waals surface area contributed by atoms with Crippen molar-refractivity contribution in [2.75, 3.05) is 26.7 Å². The van der Waals surface area contributed by atoms with Crippen LogP contribution in [-0.2, 0) is 6.42 Å². The minimum absolute atomic E-state index is 0.0999.